The first-order valence-corrected chi connectivity index (χ1v) is 9.11. The predicted octanol–water partition coefficient (Wildman–Crippen LogP) is 4.98. The van der Waals surface area contributed by atoms with Gasteiger partial charge in [-0.05, 0) is 36.8 Å². The van der Waals surface area contributed by atoms with Crippen molar-refractivity contribution in [2.45, 2.75) is 17.6 Å². The molecule has 1 aromatic carbocycles. The van der Waals surface area contributed by atoms with Crippen molar-refractivity contribution in [1.82, 2.24) is 4.98 Å². The molecule has 1 aliphatic heterocycles. The van der Waals surface area contributed by atoms with E-state index in [-0.39, 0.29) is 5.91 Å². The molecule has 4 rings (SSSR count). The van der Waals surface area contributed by atoms with Crippen molar-refractivity contribution in [2.24, 2.45) is 0 Å². The topological polar surface area (TPSA) is 42.0 Å². The van der Waals surface area contributed by atoms with Crippen molar-refractivity contribution in [1.29, 1.82) is 0 Å². The Kier molecular flexibility index (Phi) is 3.67. The molecule has 0 atom stereocenters. The Morgan fingerprint density at radius 3 is 2.91 bits per heavy atom. The molecule has 5 heteroatoms. The molecule has 0 fully saturated rings. The number of anilines is 1. The number of fused-ring (bicyclic) bond motifs is 3. The molecule has 2 aromatic heterocycles. The molecule has 0 saturated heterocycles. The van der Waals surface area contributed by atoms with Gasteiger partial charge in [0.1, 0.15) is 5.82 Å². The quantitative estimate of drug-likeness (QED) is 0.717. The molecule has 0 unspecified atom stereocenters. The molecule has 0 radical (unpaired) electrons. The number of aromatic nitrogens is 1. The van der Waals surface area contributed by atoms with E-state index in [1.807, 2.05) is 49.0 Å². The van der Waals surface area contributed by atoms with Gasteiger partial charge in [-0.2, -0.15) is 0 Å². The lowest BCUT2D eigenvalue weighted by Crippen LogP contribution is -2.11. The summed E-state index contributed by atoms with van der Waals surface area (Å²) in [6, 6.07) is 16.0. The summed E-state index contributed by atoms with van der Waals surface area (Å²) in [5.41, 5.74) is 3.36. The van der Waals surface area contributed by atoms with Crippen LogP contribution in [0.3, 0.4) is 0 Å². The van der Waals surface area contributed by atoms with E-state index < -0.39 is 0 Å². The van der Waals surface area contributed by atoms with Crippen molar-refractivity contribution in [2.75, 3.05) is 5.32 Å². The van der Waals surface area contributed by atoms with E-state index in [9.17, 15) is 4.79 Å². The van der Waals surface area contributed by atoms with Crippen LogP contribution in [0.2, 0.25) is 0 Å². The van der Waals surface area contributed by atoms with Gasteiger partial charge in [0.2, 0.25) is 0 Å². The summed E-state index contributed by atoms with van der Waals surface area (Å²) in [5.74, 6) is 1.42. The fourth-order valence-electron chi connectivity index (χ4n) is 2.60. The highest BCUT2D eigenvalue weighted by Gasteiger charge is 2.21. The SMILES string of the molecule is Cc1cccc(NC(=O)c2cc3c(s2)-c2ccccc2SC3)n1. The van der Waals surface area contributed by atoms with Gasteiger partial charge in [-0.15, -0.1) is 23.1 Å². The van der Waals surface area contributed by atoms with Crippen LogP contribution in [0, 0.1) is 6.92 Å². The predicted molar refractivity (Wildman–Crippen MR) is 96.2 cm³/mol. The molecule has 0 spiro atoms. The fourth-order valence-corrected chi connectivity index (χ4v) is 4.91. The third kappa shape index (κ3) is 2.78. The zero-order chi connectivity index (χ0) is 15.8. The van der Waals surface area contributed by atoms with E-state index in [0.29, 0.717) is 5.82 Å². The molecular weight excluding hydrogens is 324 g/mol. The monoisotopic (exact) mass is 338 g/mol. The van der Waals surface area contributed by atoms with Crippen molar-refractivity contribution >= 4 is 34.8 Å². The van der Waals surface area contributed by atoms with Crippen LogP contribution >= 0.6 is 23.1 Å². The van der Waals surface area contributed by atoms with E-state index >= 15 is 0 Å². The number of aryl methyl sites for hydroxylation is 1. The van der Waals surface area contributed by atoms with Crippen LogP contribution in [0.15, 0.2) is 53.4 Å². The molecule has 3 aromatic rings. The second-order valence-electron chi connectivity index (χ2n) is 5.37. The summed E-state index contributed by atoms with van der Waals surface area (Å²) >= 11 is 3.38. The molecule has 0 aliphatic carbocycles. The zero-order valence-electron chi connectivity index (χ0n) is 12.5. The Balaban J connectivity index is 1.65. The number of carbonyl (C=O) groups excluding carboxylic acids is 1. The summed E-state index contributed by atoms with van der Waals surface area (Å²) in [7, 11) is 0. The van der Waals surface area contributed by atoms with Gasteiger partial charge < -0.3 is 5.32 Å². The largest absolute Gasteiger partial charge is 0.306 e. The minimum Gasteiger partial charge on any atom is -0.306 e. The van der Waals surface area contributed by atoms with Gasteiger partial charge >= 0.3 is 0 Å². The number of amides is 1. The number of pyridine rings is 1. The van der Waals surface area contributed by atoms with Crippen molar-refractivity contribution < 1.29 is 4.79 Å². The van der Waals surface area contributed by atoms with E-state index in [0.717, 1.165) is 16.3 Å². The normalized spacial score (nSPS) is 12.4. The molecule has 114 valence electrons. The Morgan fingerprint density at radius 2 is 2.04 bits per heavy atom. The summed E-state index contributed by atoms with van der Waals surface area (Å²) in [6.45, 7) is 1.91. The second kappa shape index (κ2) is 5.83. The highest BCUT2D eigenvalue weighted by Crippen LogP contribution is 2.45. The number of hydrogen-bond acceptors (Lipinski definition) is 4. The number of thioether (sulfide) groups is 1. The van der Waals surface area contributed by atoms with Gasteiger partial charge in [-0.1, -0.05) is 24.3 Å². The second-order valence-corrected chi connectivity index (χ2v) is 7.44. The highest BCUT2D eigenvalue weighted by molar-refractivity contribution is 7.98. The first-order valence-electron chi connectivity index (χ1n) is 7.30. The molecule has 1 N–H and O–H groups in total. The molecule has 23 heavy (non-hydrogen) atoms. The standard InChI is InChI=1S/C18H14N2OS2/c1-11-5-4-8-16(19-11)20-18(21)15-9-12-10-22-14-7-3-2-6-13(14)17(12)23-15/h2-9H,10H2,1H3,(H,19,20,21). The summed E-state index contributed by atoms with van der Waals surface area (Å²) in [4.78, 5) is 20.1. The van der Waals surface area contributed by atoms with Crippen LogP contribution in [0.5, 0.6) is 0 Å². The maximum Gasteiger partial charge on any atom is 0.266 e. The highest BCUT2D eigenvalue weighted by atomic mass is 32.2. The molecule has 3 nitrogen and oxygen atoms in total. The van der Waals surface area contributed by atoms with Crippen LogP contribution in [0.4, 0.5) is 5.82 Å². The summed E-state index contributed by atoms with van der Waals surface area (Å²) < 4.78 is 0. The molecule has 0 bridgehead atoms. The van der Waals surface area contributed by atoms with Crippen LogP contribution in [-0.2, 0) is 5.75 Å². The van der Waals surface area contributed by atoms with Crippen molar-refractivity contribution in [3.05, 3.63) is 64.7 Å². The number of rotatable bonds is 2. The van der Waals surface area contributed by atoms with E-state index in [4.69, 9.17) is 0 Å². The molecule has 1 aliphatic rings. The van der Waals surface area contributed by atoms with Crippen LogP contribution in [0.1, 0.15) is 20.9 Å². The van der Waals surface area contributed by atoms with Crippen LogP contribution in [-0.4, -0.2) is 10.9 Å². The number of carbonyl (C=O) groups is 1. The number of nitrogens with one attached hydrogen (secondary N) is 1. The minimum absolute atomic E-state index is 0.0926. The first-order chi connectivity index (χ1) is 11.2. The average molecular weight is 338 g/mol. The number of hydrogen-bond donors (Lipinski definition) is 1. The Morgan fingerprint density at radius 1 is 1.17 bits per heavy atom. The zero-order valence-corrected chi connectivity index (χ0v) is 14.1. The van der Waals surface area contributed by atoms with E-state index in [2.05, 4.69) is 28.5 Å². The molecule has 0 saturated carbocycles. The van der Waals surface area contributed by atoms with Gasteiger partial charge in [0.05, 0.1) is 4.88 Å². The average Bonchev–Trinajstić information content (AvgIpc) is 3.00. The molecule has 3 heterocycles. The van der Waals surface area contributed by atoms with Gasteiger partial charge in [0.25, 0.3) is 5.91 Å². The maximum atomic E-state index is 12.5. The lowest BCUT2D eigenvalue weighted by atomic mass is 10.1. The Hall–Kier alpha value is -2.11. The van der Waals surface area contributed by atoms with E-state index in [1.54, 1.807) is 11.3 Å². The third-order valence-electron chi connectivity index (χ3n) is 3.68. The lowest BCUT2D eigenvalue weighted by molar-refractivity contribution is 0.103. The van der Waals surface area contributed by atoms with Gasteiger partial charge in [-0.25, -0.2) is 4.98 Å². The van der Waals surface area contributed by atoms with Gasteiger partial charge in [0, 0.05) is 26.8 Å². The van der Waals surface area contributed by atoms with Crippen LogP contribution < -0.4 is 5.32 Å². The molecular formula is C18H14N2OS2. The Bertz CT molecular complexity index is 902. The summed E-state index contributed by atoms with van der Waals surface area (Å²) in [6.07, 6.45) is 0. The van der Waals surface area contributed by atoms with Crippen molar-refractivity contribution in [3.63, 3.8) is 0 Å². The molecule has 1 amide bonds. The van der Waals surface area contributed by atoms with Crippen molar-refractivity contribution in [3.8, 4) is 10.4 Å². The Labute approximate surface area is 142 Å². The maximum absolute atomic E-state index is 12.5. The number of benzene rings is 1. The van der Waals surface area contributed by atoms with Gasteiger partial charge in [-0.3, -0.25) is 4.79 Å². The summed E-state index contributed by atoms with van der Waals surface area (Å²) in [5, 5.41) is 2.89. The smallest absolute Gasteiger partial charge is 0.266 e. The first kappa shape index (κ1) is 14.5. The lowest BCUT2D eigenvalue weighted by Gasteiger charge is -2.14. The van der Waals surface area contributed by atoms with Crippen LogP contribution in [0.25, 0.3) is 10.4 Å². The van der Waals surface area contributed by atoms with E-state index in [1.165, 1.54) is 20.9 Å². The number of thiophene rings is 1. The fraction of sp³-hybridized carbons (Fsp3) is 0.111. The third-order valence-corrected chi connectivity index (χ3v) is 6.01. The minimum atomic E-state index is -0.0926. The number of nitrogens with zero attached hydrogens (tertiary/aromatic N) is 1. The van der Waals surface area contributed by atoms with Gasteiger partial charge in [0.15, 0.2) is 0 Å².